The van der Waals surface area contributed by atoms with Gasteiger partial charge in [-0.15, -0.1) is 0 Å². The molecule has 0 aromatic carbocycles. The van der Waals surface area contributed by atoms with E-state index >= 15 is 0 Å². The van der Waals surface area contributed by atoms with E-state index in [2.05, 4.69) is 41.5 Å². The lowest BCUT2D eigenvalue weighted by molar-refractivity contribution is 0.0122. The van der Waals surface area contributed by atoms with Crippen LogP contribution in [0.1, 0.15) is 60.8 Å². The molecule has 0 heterocycles. The van der Waals surface area contributed by atoms with Crippen LogP contribution in [0, 0.1) is 17.3 Å². The molecule has 0 saturated heterocycles. The van der Waals surface area contributed by atoms with Gasteiger partial charge in [0.05, 0.1) is 6.61 Å². The van der Waals surface area contributed by atoms with Crippen molar-refractivity contribution < 1.29 is 4.74 Å². The molecule has 0 fully saturated rings. The molecule has 0 bridgehead atoms. The van der Waals surface area contributed by atoms with Gasteiger partial charge in [0.1, 0.15) is 0 Å². The summed E-state index contributed by atoms with van der Waals surface area (Å²) in [5.41, 5.74) is 0.349. The summed E-state index contributed by atoms with van der Waals surface area (Å²) in [7, 11) is 0. The molecule has 0 aromatic rings. The molecule has 1 atom stereocenters. The van der Waals surface area contributed by atoms with Gasteiger partial charge in [0.15, 0.2) is 0 Å². The van der Waals surface area contributed by atoms with Gasteiger partial charge in [-0.3, -0.25) is 0 Å². The number of rotatable bonds is 8. The lowest BCUT2D eigenvalue weighted by Gasteiger charge is -2.35. The van der Waals surface area contributed by atoms with Gasteiger partial charge < -0.3 is 4.74 Å². The van der Waals surface area contributed by atoms with Crippen molar-refractivity contribution in [2.24, 2.45) is 17.3 Å². The highest BCUT2D eigenvalue weighted by Gasteiger charge is 2.29. The van der Waals surface area contributed by atoms with Crippen LogP contribution in [-0.4, -0.2) is 13.2 Å². The Kier molecular flexibility index (Phi) is 7.25. The van der Waals surface area contributed by atoms with Gasteiger partial charge in [-0.1, -0.05) is 48.0 Å². The maximum absolute atomic E-state index is 5.80. The summed E-state index contributed by atoms with van der Waals surface area (Å²) in [4.78, 5) is 0. The SMILES string of the molecule is CCCCOCC(C)(CC(C)C)C(C)C. The van der Waals surface area contributed by atoms with Crippen molar-refractivity contribution in [3.63, 3.8) is 0 Å². The molecule has 1 heteroatoms. The van der Waals surface area contributed by atoms with E-state index in [1.807, 2.05) is 0 Å². The first-order chi connectivity index (χ1) is 6.92. The van der Waals surface area contributed by atoms with Gasteiger partial charge in [-0.2, -0.15) is 0 Å². The van der Waals surface area contributed by atoms with Crippen LogP contribution in [0.3, 0.4) is 0 Å². The number of hydrogen-bond acceptors (Lipinski definition) is 1. The fourth-order valence-corrected chi connectivity index (χ4v) is 1.95. The summed E-state index contributed by atoms with van der Waals surface area (Å²) in [5, 5.41) is 0. The van der Waals surface area contributed by atoms with Crippen LogP contribution in [0.2, 0.25) is 0 Å². The van der Waals surface area contributed by atoms with Crippen LogP contribution < -0.4 is 0 Å². The zero-order valence-electron chi connectivity index (χ0n) is 11.6. The molecule has 0 aliphatic rings. The van der Waals surface area contributed by atoms with E-state index in [4.69, 9.17) is 4.74 Å². The molecule has 92 valence electrons. The first kappa shape index (κ1) is 15.0. The van der Waals surface area contributed by atoms with Crippen LogP contribution in [0.25, 0.3) is 0 Å². The smallest absolute Gasteiger partial charge is 0.0522 e. The highest BCUT2D eigenvalue weighted by Crippen LogP contribution is 2.34. The summed E-state index contributed by atoms with van der Waals surface area (Å²) >= 11 is 0. The Morgan fingerprint density at radius 3 is 2.13 bits per heavy atom. The summed E-state index contributed by atoms with van der Waals surface area (Å²) < 4.78 is 5.80. The maximum atomic E-state index is 5.80. The molecule has 0 N–H and O–H groups in total. The third-order valence-electron chi connectivity index (χ3n) is 3.34. The quantitative estimate of drug-likeness (QED) is 0.540. The topological polar surface area (TPSA) is 9.23 Å². The molecule has 0 aliphatic heterocycles. The molecule has 0 aromatic heterocycles. The van der Waals surface area contributed by atoms with Gasteiger partial charge in [-0.25, -0.2) is 0 Å². The highest BCUT2D eigenvalue weighted by atomic mass is 16.5. The minimum atomic E-state index is 0.349. The Hall–Kier alpha value is -0.0400. The largest absolute Gasteiger partial charge is 0.381 e. The van der Waals surface area contributed by atoms with Crippen molar-refractivity contribution >= 4 is 0 Å². The van der Waals surface area contributed by atoms with Gasteiger partial charge in [-0.05, 0) is 30.1 Å². The molecular weight excluding hydrogens is 184 g/mol. The highest BCUT2D eigenvalue weighted by molar-refractivity contribution is 4.78. The Labute approximate surface area is 96.6 Å². The molecular formula is C14H30O. The summed E-state index contributed by atoms with van der Waals surface area (Å²) in [6, 6.07) is 0. The molecule has 0 amide bonds. The Morgan fingerprint density at radius 1 is 1.13 bits per heavy atom. The molecule has 0 rings (SSSR count). The third-order valence-corrected chi connectivity index (χ3v) is 3.34. The lowest BCUT2D eigenvalue weighted by atomic mass is 9.74. The van der Waals surface area contributed by atoms with Crippen molar-refractivity contribution in [1.82, 2.24) is 0 Å². The summed E-state index contributed by atoms with van der Waals surface area (Å²) in [5.74, 6) is 1.45. The van der Waals surface area contributed by atoms with Crippen molar-refractivity contribution in [1.29, 1.82) is 0 Å². The predicted octanol–water partition coefficient (Wildman–Crippen LogP) is 4.51. The van der Waals surface area contributed by atoms with Gasteiger partial charge in [0.2, 0.25) is 0 Å². The van der Waals surface area contributed by atoms with Crippen LogP contribution in [0.15, 0.2) is 0 Å². The Balaban J connectivity index is 4.02. The van der Waals surface area contributed by atoms with E-state index < -0.39 is 0 Å². The average Bonchev–Trinajstić information content (AvgIpc) is 2.11. The van der Waals surface area contributed by atoms with E-state index in [0.29, 0.717) is 11.3 Å². The second-order valence-corrected chi connectivity index (χ2v) is 5.81. The molecule has 0 radical (unpaired) electrons. The van der Waals surface area contributed by atoms with Gasteiger partial charge in [0, 0.05) is 6.61 Å². The zero-order valence-corrected chi connectivity index (χ0v) is 11.6. The van der Waals surface area contributed by atoms with Gasteiger partial charge in [0.25, 0.3) is 0 Å². The normalized spacial score (nSPS) is 16.0. The van der Waals surface area contributed by atoms with E-state index in [1.54, 1.807) is 0 Å². The van der Waals surface area contributed by atoms with Crippen molar-refractivity contribution in [3.8, 4) is 0 Å². The third kappa shape index (κ3) is 6.19. The molecule has 0 aliphatic carbocycles. The fraction of sp³-hybridized carbons (Fsp3) is 1.00. The predicted molar refractivity (Wildman–Crippen MR) is 68.1 cm³/mol. The minimum Gasteiger partial charge on any atom is -0.381 e. The van der Waals surface area contributed by atoms with E-state index in [9.17, 15) is 0 Å². The van der Waals surface area contributed by atoms with E-state index in [0.717, 1.165) is 19.1 Å². The van der Waals surface area contributed by atoms with Crippen molar-refractivity contribution in [2.75, 3.05) is 13.2 Å². The average molecular weight is 214 g/mol. The monoisotopic (exact) mass is 214 g/mol. The van der Waals surface area contributed by atoms with E-state index in [1.165, 1.54) is 19.3 Å². The maximum Gasteiger partial charge on any atom is 0.0522 e. The first-order valence-corrected chi connectivity index (χ1v) is 6.50. The second-order valence-electron chi connectivity index (χ2n) is 5.81. The Bertz CT molecular complexity index is 151. The Morgan fingerprint density at radius 2 is 1.73 bits per heavy atom. The second kappa shape index (κ2) is 7.27. The van der Waals surface area contributed by atoms with Crippen molar-refractivity contribution in [3.05, 3.63) is 0 Å². The van der Waals surface area contributed by atoms with E-state index in [-0.39, 0.29) is 0 Å². The zero-order chi connectivity index (χ0) is 11.9. The molecule has 0 saturated carbocycles. The van der Waals surface area contributed by atoms with Gasteiger partial charge >= 0.3 is 0 Å². The van der Waals surface area contributed by atoms with Crippen molar-refractivity contribution in [2.45, 2.75) is 60.8 Å². The molecule has 0 spiro atoms. The van der Waals surface area contributed by atoms with Crippen LogP contribution in [0.4, 0.5) is 0 Å². The summed E-state index contributed by atoms with van der Waals surface area (Å²) in [6.07, 6.45) is 3.68. The van der Waals surface area contributed by atoms with Crippen LogP contribution >= 0.6 is 0 Å². The lowest BCUT2D eigenvalue weighted by Crippen LogP contribution is -2.31. The number of hydrogen-bond donors (Lipinski definition) is 0. The van der Waals surface area contributed by atoms with Crippen LogP contribution in [0.5, 0.6) is 0 Å². The standard InChI is InChI=1S/C14H30O/c1-7-8-9-15-11-14(6,13(4)5)10-12(2)3/h12-13H,7-11H2,1-6H3. The molecule has 15 heavy (non-hydrogen) atoms. The fourth-order valence-electron chi connectivity index (χ4n) is 1.95. The van der Waals surface area contributed by atoms with Crippen LogP contribution in [-0.2, 0) is 4.74 Å². The summed E-state index contributed by atoms with van der Waals surface area (Å²) in [6.45, 7) is 15.6. The number of ether oxygens (including phenoxy) is 1. The first-order valence-electron chi connectivity index (χ1n) is 6.50. The molecule has 1 nitrogen and oxygen atoms in total. The number of unbranched alkanes of at least 4 members (excludes halogenated alkanes) is 1. The minimum absolute atomic E-state index is 0.349. The molecule has 1 unspecified atom stereocenters.